The molecule has 1 aromatic carbocycles. The number of hydrogen-bond acceptors (Lipinski definition) is 6. The number of aliphatic hydroxyl groups excluding tert-OH is 1. The molecule has 0 aliphatic carbocycles. The molecule has 0 aliphatic rings. The Morgan fingerprint density at radius 3 is 2.72 bits per heavy atom. The van der Waals surface area contributed by atoms with Crippen molar-refractivity contribution in [3.63, 3.8) is 0 Å². The van der Waals surface area contributed by atoms with Crippen molar-refractivity contribution in [1.82, 2.24) is 25.2 Å². The summed E-state index contributed by atoms with van der Waals surface area (Å²) in [6.07, 6.45) is 0. The molecule has 0 saturated carbocycles. The van der Waals surface area contributed by atoms with Gasteiger partial charge >= 0.3 is 0 Å². The Bertz CT molecular complexity index is 1020. The molecular weight excluding hydrogens is 372 g/mol. The van der Waals surface area contributed by atoms with Gasteiger partial charge in [0, 0.05) is 10.9 Å². The van der Waals surface area contributed by atoms with E-state index in [0.29, 0.717) is 31.8 Å². The molecule has 156 valence electrons. The summed E-state index contributed by atoms with van der Waals surface area (Å²) in [6, 6.07) is 7.50. The number of nitrogens with one attached hydrogen (secondary N) is 2. The SMILES string of the molecule is CCOc1ccc2[nH]c(=O)c(C[NH+](CCO)Cc3nnnn3C(C)(C)C)cc2c1. The van der Waals surface area contributed by atoms with Gasteiger partial charge in [-0.3, -0.25) is 4.79 Å². The molecule has 2 aromatic heterocycles. The number of nitrogens with zero attached hydrogens (tertiary/aromatic N) is 4. The number of aromatic nitrogens is 5. The lowest BCUT2D eigenvalue weighted by atomic mass is 10.1. The van der Waals surface area contributed by atoms with Crippen LogP contribution in [-0.4, -0.2) is 50.1 Å². The topological polar surface area (TPSA) is 110 Å². The van der Waals surface area contributed by atoms with Gasteiger partial charge in [-0.2, -0.15) is 0 Å². The number of ether oxygens (including phenoxy) is 1. The Kier molecular flexibility index (Phi) is 6.29. The predicted molar refractivity (Wildman–Crippen MR) is 109 cm³/mol. The minimum absolute atomic E-state index is 0.00634. The maximum atomic E-state index is 12.6. The second kappa shape index (κ2) is 8.71. The van der Waals surface area contributed by atoms with Gasteiger partial charge in [-0.15, -0.1) is 5.10 Å². The van der Waals surface area contributed by atoms with Crippen LogP contribution in [0.1, 0.15) is 39.1 Å². The van der Waals surface area contributed by atoms with Crippen LogP contribution in [0.25, 0.3) is 10.9 Å². The van der Waals surface area contributed by atoms with Gasteiger partial charge in [-0.25, -0.2) is 4.68 Å². The van der Waals surface area contributed by atoms with Crippen LogP contribution in [0.4, 0.5) is 0 Å². The molecule has 3 aromatic rings. The normalized spacial score (nSPS) is 13.0. The molecule has 1 unspecified atom stereocenters. The van der Waals surface area contributed by atoms with Crippen molar-refractivity contribution in [3.8, 4) is 5.75 Å². The van der Waals surface area contributed by atoms with Crippen LogP contribution in [0, 0.1) is 0 Å². The highest BCUT2D eigenvalue weighted by Crippen LogP contribution is 2.19. The Balaban J connectivity index is 1.88. The highest BCUT2D eigenvalue weighted by molar-refractivity contribution is 5.80. The molecule has 0 bridgehead atoms. The first kappa shape index (κ1) is 20.9. The molecule has 1 atom stereocenters. The second-order valence-corrected chi connectivity index (χ2v) is 8.06. The van der Waals surface area contributed by atoms with Crippen LogP contribution in [-0.2, 0) is 18.6 Å². The molecule has 0 saturated heterocycles. The third kappa shape index (κ3) is 4.99. The van der Waals surface area contributed by atoms with Crippen molar-refractivity contribution in [3.05, 3.63) is 46.0 Å². The van der Waals surface area contributed by atoms with E-state index in [1.165, 1.54) is 0 Å². The lowest BCUT2D eigenvalue weighted by Crippen LogP contribution is -3.10. The van der Waals surface area contributed by atoms with E-state index in [4.69, 9.17) is 4.74 Å². The summed E-state index contributed by atoms with van der Waals surface area (Å²) in [7, 11) is 0. The minimum Gasteiger partial charge on any atom is -0.494 e. The summed E-state index contributed by atoms with van der Waals surface area (Å²) < 4.78 is 7.34. The maximum Gasteiger partial charge on any atom is 0.257 e. The Labute approximate surface area is 169 Å². The first-order valence-electron chi connectivity index (χ1n) is 9.82. The van der Waals surface area contributed by atoms with Gasteiger partial charge in [0.25, 0.3) is 5.56 Å². The van der Waals surface area contributed by atoms with E-state index in [9.17, 15) is 9.90 Å². The Morgan fingerprint density at radius 2 is 2.03 bits per heavy atom. The fourth-order valence-electron chi connectivity index (χ4n) is 3.35. The molecule has 0 aliphatic heterocycles. The van der Waals surface area contributed by atoms with Crippen molar-refractivity contribution in [2.45, 2.75) is 46.3 Å². The molecular formula is C20H29N6O3+. The van der Waals surface area contributed by atoms with Crippen LogP contribution in [0.15, 0.2) is 29.1 Å². The van der Waals surface area contributed by atoms with Gasteiger partial charge in [0.2, 0.25) is 5.82 Å². The number of rotatable bonds is 8. The van der Waals surface area contributed by atoms with E-state index < -0.39 is 0 Å². The number of aliphatic hydroxyl groups is 1. The zero-order chi connectivity index (χ0) is 21.0. The number of fused-ring (bicyclic) bond motifs is 1. The molecule has 9 heteroatoms. The number of tetrazole rings is 1. The quantitative estimate of drug-likeness (QED) is 0.499. The zero-order valence-electron chi connectivity index (χ0n) is 17.4. The average molecular weight is 401 g/mol. The van der Waals surface area contributed by atoms with E-state index in [-0.39, 0.29) is 17.7 Å². The monoisotopic (exact) mass is 401 g/mol. The molecule has 0 spiro atoms. The van der Waals surface area contributed by atoms with Gasteiger partial charge in [-0.1, -0.05) is 0 Å². The van der Waals surface area contributed by atoms with Gasteiger partial charge in [-0.05, 0) is 62.4 Å². The lowest BCUT2D eigenvalue weighted by molar-refractivity contribution is -0.928. The van der Waals surface area contributed by atoms with Gasteiger partial charge < -0.3 is 19.7 Å². The standard InChI is InChI=1S/C20H28N6O3/c1-5-29-16-6-7-17-14(11-16)10-15(19(28)21-17)12-25(8-9-27)13-18-22-23-24-26(18)20(2,3)4/h6-7,10-11,27H,5,8-9,12-13H2,1-4H3,(H,21,28)/p+1. The van der Waals surface area contributed by atoms with E-state index in [0.717, 1.165) is 27.4 Å². The summed E-state index contributed by atoms with van der Waals surface area (Å²) in [5.74, 6) is 1.48. The molecule has 3 N–H and O–H groups in total. The minimum atomic E-state index is -0.251. The molecule has 0 radical (unpaired) electrons. The van der Waals surface area contributed by atoms with E-state index in [2.05, 4.69) is 20.5 Å². The summed E-state index contributed by atoms with van der Waals surface area (Å²) >= 11 is 0. The summed E-state index contributed by atoms with van der Waals surface area (Å²) in [5.41, 5.74) is 1.03. The van der Waals surface area contributed by atoms with E-state index in [1.807, 2.05) is 52.0 Å². The van der Waals surface area contributed by atoms with Crippen LogP contribution < -0.4 is 15.2 Å². The molecule has 9 nitrogen and oxygen atoms in total. The fraction of sp³-hybridized carbons (Fsp3) is 0.500. The predicted octanol–water partition coefficient (Wildman–Crippen LogP) is 0.246. The number of pyridine rings is 1. The van der Waals surface area contributed by atoms with Gasteiger partial charge in [0.05, 0.1) is 24.3 Å². The fourth-order valence-corrected chi connectivity index (χ4v) is 3.35. The van der Waals surface area contributed by atoms with Crippen molar-refractivity contribution in [2.75, 3.05) is 19.8 Å². The summed E-state index contributed by atoms with van der Waals surface area (Å²) in [6.45, 7) is 10.0. The van der Waals surface area contributed by atoms with Crippen LogP contribution in [0.5, 0.6) is 5.75 Å². The summed E-state index contributed by atoms with van der Waals surface area (Å²) in [4.78, 5) is 16.5. The third-order valence-electron chi connectivity index (χ3n) is 4.69. The summed E-state index contributed by atoms with van der Waals surface area (Å²) in [5, 5.41) is 22.5. The molecule has 0 amide bonds. The van der Waals surface area contributed by atoms with E-state index in [1.54, 1.807) is 4.68 Å². The highest BCUT2D eigenvalue weighted by atomic mass is 16.5. The lowest BCUT2D eigenvalue weighted by Gasteiger charge is -2.22. The van der Waals surface area contributed by atoms with Crippen molar-refractivity contribution in [1.29, 1.82) is 0 Å². The van der Waals surface area contributed by atoms with Gasteiger partial charge in [0.1, 0.15) is 25.4 Å². The second-order valence-electron chi connectivity index (χ2n) is 8.06. The largest absolute Gasteiger partial charge is 0.494 e. The van der Waals surface area contributed by atoms with Crippen molar-refractivity contribution in [2.24, 2.45) is 0 Å². The maximum absolute atomic E-state index is 12.6. The van der Waals surface area contributed by atoms with Crippen molar-refractivity contribution >= 4 is 10.9 Å². The van der Waals surface area contributed by atoms with E-state index >= 15 is 0 Å². The first-order chi connectivity index (χ1) is 13.8. The first-order valence-corrected chi connectivity index (χ1v) is 9.82. The molecule has 2 heterocycles. The Hall–Kier alpha value is -2.78. The molecule has 3 rings (SSSR count). The van der Waals surface area contributed by atoms with Crippen LogP contribution in [0.2, 0.25) is 0 Å². The Morgan fingerprint density at radius 1 is 1.24 bits per heavy atom. The van der Waals surface area contributed by atoms with Gasteiger partial charge in [0.15, 0.2) is 0 Å². The van der Waals surface area contributed by atoms with Crippen LogP contribution >= 0.6 is 0 Å². The van der Waals surface area contributed by atoms with Crippen molar-refractivity contribution < 1.29 is 14.7 Å². The van der Waals surface area contributed by atoms with Crippen LogP contribution in [0.3, 0.4) is 0 Å². The number of quaternary nitrogens is 1. The third-order valence-corrected chi connectivity index (χ3v) is 4.69. The number of benzene rings is 1. The zero-order valence-corrected chi connectivity index (χ0v) is 17.4. The number of aromatic amines is 1. The average Bonchev–Trinajstić information content (AvgIpc) is 3.12. The number of H-pyrrole nitrogens is 1. The molecule has 29 heavy (non-hydrogen) atoms. The molecule has 0 fully saturated rings. The highest BCUT2D eigenvalue weighted by Gasteiger charge is 2.23. The number of hydrogen-bond donors (Lipinski definition) is 3. The smallest absolute Gasteiger partial charge is 0.257 e.